The second kappa shape index (κ2) is 3.92. The molecule has 0 aromatic carbocycles. The topological polar surface area (TPSA) is 54.5 Å². The highest BCUT2D eigenvalue weighted by Gasteiger charge is 2.10. The van der Waals surface area contributed by atoms with Crippen molar-refractivity contribution in [2.45, 2.75) is 6.92 Å². The highest BCUT2D eigenvalue weighted by molar-refractivity contribution is 9.10. The number of nitrogens with zero attached hydrogens (tertiary/aromatic N) is 3. The molecule has 0 radical (unpaired) electrons. The maximum absolute atomic E-state index is 4.52. The molecule has 1 N–H and O–H groups in total. The number of hydrogen-bond acceptors (Lipinski definition) is 3. The first-order chi connectivity index (χ1) is 8.25. The van der Waals surface area contributed by atoms with E-state index in [9.17, 15) is 0 Å². The second-order valence-electron chi connectivity index (χ2n) is 3.73. The Hall–Kier alpha value is -1.75. The highest BCUT2D eigenvalue weighted by Crippen LogP contribution is 2.26. The number of halogens is 1. The zero-order valence-corrected chi connectivity index (χ0v) is 10.7. The molecule has 0 aliphatic heterocycles. The summed E-state index contributed by atoms with van der Waals surface area (Å²) in [5.74, 6) is 0.715. The van der Waals surface area contributed by atoms with Crippen LogP contribution >= 0.6 is 15.9 Å². The SMILES string of the molecule is Cc1nc(-c2ccncc2)nc2[nH]cc(Br)c12. The van der Waals surface area contributed by atoms with Crippen LogP contribution in [0.4, 0.5) is 0 Å². The summed E-state index contributed by atoms with van der Waals surface area (Å²) in [6, 6.07) is 3.80. The van der Waals surface area contributed by atoms with Gasteiger partial charge in [0.15, 0.2) is 5.82 Å². The van der Waals surface area contributed by atoms with Gasteiger partial charge < -0.3 is 4.98 Å². The minimum absolute atomic E-state index is 0.715. The van der Waals surface area contributed by atoms with Crippen LogP contribution in [0.15, 0.2) is 35.2 Å². The average molecular weight is 289 g/mol. The summed E-state index contributed by atoms with van der Waals surface area (Å²) in [6.07, 6.45) is 5.36. The van der Waals surface area contributed by atoms with E-state index in [1.54, 1.807) is 12.4 Å². The third kappa shape index (κ3) is 1.72. The van der Waals surface area contributed by atoms with Gasteiger partial charge in [-0.1, -0.05) is 0 Å². The first kappa shape index (κ1) is 10.4. The summed E-state index contributed by atoms with van der Waals surface area (Å²) >= 11 is 3.48. The molecule has 3 aromatic rings. The highest BCUT2D eigenvalue weighted by atomic mass is 79.9. The molecule has 0 bridgehead atoms. The molecule has 0 atom stereocenters. The standard InChI is InChI=1S/C12H9BrN4/c1-7-10-9(13)6-15-12(10)17-11(16-7)8-2-4-14-5-3-8/h2-6H,1H3,(H,15,16,17). The van der Waals surface area contributed by atoms with Crippen LogP contribution in [0.1, 0.15) is 5.69 Å². The van der Waals surface area contributed by atoms with Crippen molar-refractivity contribution < 1.29 is 0 Å². The van der Waals surface area contributed by atoms with Crippen LogP contribution in [0.2, 0.25) is 0 Å². The van der Waals surface area contributed by atoms with Gasteiger partial charge in [0.1, 0.15) is 5.65 Å². The third-order valence-corrected chi connectivity index (χ3v) is 3.23. The lowest BCUT2D eigenvalue weighted by Gasteiger charge is -2.02. The van der Waals surface area contributed by atoms with Gasteiger partial charge in [-0.05, 0) is 35.0 Å². The summed E-state index contributed by atoms with van der Waals surface area (Å²) in [4.78, 5) is 16.1. The molecular formula is C12H9BrN4. The Balaban J connectivity index is 2.26. The van der Waals surface area contributed by atoms with Crippen molar-refractivity contribution in [2.24, 2.45) is 0 Å². The van der Waals surface area contributed by atoms with Crippen LogP contribution < -0.4 is 0 Å². The van der Waals surface area contributed by atoms with E-state index in [1.165, 1.54) is 0 Å². The lowest BCUT2D eigenvalue weighted by molar-refractivity contribution is 1.14. The van der Waals surface area contributed by atoms with E-state index in [2.05, 4.69) is 35.9 Å². The molecule has 84 valence electrons. The molecule has 5 heteroatoms. The zero-order valence-electron chi connectivity index (χ0n) is 9.11. The molecule has 0 aliphatic rings. The Morgan fingerprint density at radius 1 is 1.18 bits per heavy atom. The van der Waals surface area contributed by atoms with E-state index >= 15 is 0 Å². The molecule has 0 amide bonds. The Morgan fingerprint density at radius 3 is 2.71 bits per heavy atom. The monoisotopic (exact) mass is 288 g/mol. The fourth-order valence-corrected chi connectivity index (χ4v) is 2.39. The summed E-state index contributed by atoms with van der Waals surface area (Å²) in [5, 5.41) is 1.03. The third-order valence-electron chi connectivity index (χ3n) is 2.60. The van der Waals surface area contributed by atoms with Crippen LogP contribution in [-0.2, 0) is 0 Å². The summed E-state index contributed by atoms with van der Waals surface area (Å²) in [7, 11) is 0. The van der Waals surface area contributed by atoms with Crippen LogP contribution in [-0.4, -0.2) is 19.9 Å². The largest absolute Gasteiger partial charge is 0.345 e. The second-order valence-corrected chi connectivity index (χ2v) is 4.58. The fourth-order valence-electron chi connectivity index (χ4n) is 1.80. The van der Waals surface area contributed by atoms with Crippen LogP contribution in [0.25, 0.3) is 22.4 Å². The number of pyridine rings is 1. The van der Waals surface area contributed by atoms with Crippen LogP contribution in [0.3, 0.4) is 0 Å². The molecule has 0 saturated carbocycles. The molecule has 0 saturated heterocycles. The number of hydrogen-bond donors (Lipinski definition) is 1. The maximum atomic E-state index is 4.52. The molecule has 17 heavy (non-hydrogen) atoms. The minimum atomic E-state index is 0.715. The van der Waals surface area contributed by atoms with Crippen LogP contribution in [0.5, 0.6) is 0 Å². The summed E-state index contributed by atoms with van der Waals surface area (Å²) in [5.41, 5.74) is 2.77. The molecule has 0 aliphatic carbocycles. The van der Waals surface area contributed by atoms with E-state index in [4.69, 9.17) is 0 Å². The molecule has 3 aromatic heterocycles. The summed E-state index contributed by atoms with van der Waals surface area (Å²) in [6.45, 7) is 1.98. The van der Waals surface area contributed by atoms with E-state index in [-0.39, 0.29) is 0 Å². The van der Waals surface area contributed by atoms with Crippen molar-refractivity contribution in [3.05, 3.63) is 40.9 Å². The van der Waals surface area contributed by atoms with Crippen molar-refractivity contribution in [1.82, 2.24) is 19.9 Å². The Labute approximate surface area is 106 Å². The molecule has 3 heterocycles. The van der Waals surface area contributed by atoms with E-state index in [1.807, 2.05) is 25.3 Å². The van der Waals surface area contributed by atoms with Gasteiger partial charge in [0, 0.05) is 28.6 Å². The first-order valence-corrected chi connectivity index (χ1v) is 5.96. The number of aromatic amines is 1. The van der Waals surface area contributed by atoms with Gasteiger partial charge in [0.05, 0.1) is 11.1 Å². The van der Waals surface area contributed by atoms with Crippen molar-refractivity contribution in [3.8, 4) is 11.4 Å². The molecule has 0 unspecified atom stereocenters. The van der Waals surface area contributed by atoms with Crippen molar-refractivity contribution in [2.75, 3.05) is 0 Å². The van der Waals surface area contributed by atoms with Gasteiger partial charge in [-0.2, -0.15) is 0 Å². The predicted octanol–water partition coefficient (Wildman–Crippen LogP) is 3.09. The van der Waals surface area contributed by atoms with Gasteiger partial charge in [-0.25, -0.2) is 9.97 Å². The zero-order chi connectivity index (χ0) is 11.8. The number of H-pyrrole nitrogens is 1. The van der Waals surface area contributed by atoms with Gasteiger partial charge in [0.25, 0.3) is 0 Å². The Morgan fingerprint density at radius 2 is 1.94 bits per heavy atom. The summed E-state index contributed by atoms with van der Waals surface area (Å²) < 4.78 is 0.992. The molecule has 3 rings (SSSR count). The number of rotatable bonds is 1. The number of aromatic nitrogens is 4. The van der Waals surface area contributed by atoms with Crippen molar-refractivity contribution in [1.29, 1.82) is 0 Å². The molecular weight excluding hydrogens is 280 g/mol. The van der Waals surface area contributed by atoms with Gasteiger partial charge in [0.2, 0.25) is 0 Å². The molecule has 0 spiro atoms. The van der Waals surface area contributed by atoms with Crippen LogP contribution in [0, 0.1) is 6.92 Å². The van der Waals surface area contributed by atoms with Crippen molar-refractivity contribution >= 4 is 27.0 Å². The number of fused-ring (bicyclic) bond motifs is 1. The lowest BCUT2D eigenvalue weighted by Crippen LogP contribution is -1.93. The molecule has 4 nitrogen and oxygen atoms in total. The predicted molar refractivity (Wildman–Crippen MR) is 69.6 cm³/mol. The number of nitrogens with one attached hydrogen (secondary N) is 1. The lowest BCUT2D eigenvalue weighted by atomic mass is 10.2. The van der Waals surface area contributed by atoms with E-state index in [0.717, 1.165) is 26.8 Å². The number of aryl methyl sites for hydroxylation is 1. The van der Waals surface area contributed by atoms with E-state index in [0.29, 0.717) is 5.82 Å². The first-order valence-electron chi connectivity index (χ1n) is 5.17. The van der Waals surface area contributed by atoms with Gasteiger partial charge in [-0.15, -0.1) is 0 Å². The minimum Gasteiger partial charge on any atom is -0.345 e. The Bertz CT molecular complexity index is 676. The molecule has 0 fully saturated rings. The fraction of sp³-hybridized carbons (Fsp3) is 0.0833. The normalized spacial score (nSPS) is 10.9. The average Bonchev–Trinajstić information content (AvgIpc) is 2.73. The van der Waals surface area contributed by atoms with Crippen molar-refractivity contribution in [3.63, 3.8) is 0 Å². The smallest absolute Gasteiger partial charge is 0.161 e. The maximum Gasteiger partial charge on any atom is 0.161 e. The Kier molecular flexibility index (Phi) is 2.40. The quantitative estimate of drug-likeness (QED) is 0.749. The van der Waals surface area contributed by atoms with Gasteiger partial charge in [-0.3, -0.25) is 4.98 Å². The van der Waals surface area contributed by atoms with E-state index < -0.39 is 0 Å². The van der Waals surface area contributed by atoms with Gasteiger partial charge >= 0.3 is 0 Å².